The predicted octanol–water partition coefficient (Wildman–Crippen LogP) is 2.91. The van der Waals surface area contributed by atoms with Crippen LogP contribution in [0.15, 0.2) is 47.1 Å². The lowest BCUT2D eigenvalue weighted by Gasteiger charge is -2.30. The van der Waals surface area contributed by atoms with Crippen LogP contribution in [0, 0.1) is 5.92 Å². The Bertz CT molecular complexity index is 733. The fourth-order valence-electron chi connectivity index (χ4n) is 2.84. The third-order valence-corrected chi connectivity index (χ3v) is 4.16. The molecule has 23 heavy (non-hydrogen) atoms. The Morgan fingerprint density at radius 2 is 1.87 bits per heavy atom. The summed E-state index contributed by atoms with van der Waals surface area (Å²) in [7, 11) is 0. The van der Waals surface area contributed by atoms with Gasteiger partial charge in [-0.2, -0.15) is 4.98 Å². The molecule has 1 fully saturated rings. The van der Waals surface area contributed by atoms with Crippen LogP contribution in [0.1, 0.15) is 12.8 Å². The number of para-hydroxylation sites is 2. The molecule has 0 radical (unpaired) electrons. The third-order valence-electron chi connectivity index (χ3n) is 4.16. The summed E-state index contributed by atoms with van der Waals surface area (Å²) in [4.78, 5) is 14.9. The van der Waals surface area contributed by atoms with Crippen molar-refractivity contribution in [3.8, 4) is 6.01 Å². The number of piperidine rings is 1. The molecule has 0 amide bonds. The summed E-state index contributed by atoms with van der Waals surface area (Å²) < 4.78 is 11.5. The minimum atomic E-state index is 0.453. The van der Waals surface area contributed by atoms with Crippen LogP contribution in [-0.4, -0.2) is 34.6 Å². The zero-order valence-corrected chi connectivity index (χ0v) is 12.8. The predicted molar refractivity (Wildman–Crippen MR) is 86.5 cm³/mol. The van der Waals surface area contributed by atoms with Crippen LogP contribution in [0.5, 0.6) is 6.01 Å². The van der Waals surface area contributed by atoms with Crippen molar-refractivity contribution in [2.45, 2.75) is 12.8 Å². The number of aromatic nitrogens is 3. The Balaban J connectivity index is 1.33. The number of benzene rings is 1. The Labute approximate surface area is 134 Å². The van der Waals surface area contributed by atoms with Gasteiger partial charge in [-0.15, -0.1) is 0 Å². The lowest BCUT2D eigenvalue weighted by Crippen LogP contribution is -2.35. The van der Waals surface area contributed by atoms with Crippen molar-refractivity contribution in [3.63, 3.8) is 0 Å². The van der Waals surface area contributed by atoms with E-state index in [0.717, 1.165) is 43.0 Å². The maximum atomic E-state index is 5.84. The molecule has 1 aromatic carbocycles. The van der Waals surface area contributed by atoms with Crippen LogP contribution >= 0.6 is 0 Å². The number of fused-ring (bicyclic) bond motifs is 1. The molecule has 0 bridgehead atoms. The van der Waals surface area contributed by atoms with Gasteiger partial charge >= 0.3 is 6.01 Å². The quantitative estimate of drug-likeness (QED) is 0.738. The summed E-state index contributed by atoms with van der Waals surface area (Å²) in [5.74, 6) is 0.513. The molecule has 2 aromatic heterocycles. The maximum Gasteiger partial charge on any atom is 0.316 e. The molecule has 0 N–H and O–H groups in total. The monoisotopic (exact) mass is 310 g/mol. The van der Waals surface area contributed by atoms with Gasteiger partial charge < -0.3 is 14.1 Å². The van der Waals surface area contributed by atoms with E-state index in [1.165, 1.54) is 0 Å². The number of hydrogen-bond donors (Lipinski definition) is 0. The van der Waals surface area contributed by atoms with Crippen LogP contribution in [0.25, 0.3) is 11.1 Å². The molecule has 0 unspecified atom stereocenters. The van der Waals surface area contributed by atoms with Gasteiger partial charge in [0.1, 0.15) is 5.52 Å². The van der Waals surface area contributed by atoms with E-state index >= 15 is 0 Å². The van der Waals surface area contributed by atoms with Crippen molar-refractivity contribution < 1.29 is 9.15 Å². The Morgan fingerprint density at radius 3 is 2.65 bits per heavy atom. The number of ether oxygens (including phenoxy) is 1. The lowest BCUT2D eigenvalue weighted by atomic mass is 9.98. The van der Waals surface area contributed by atoms with Gasteiger partial charge in [-0.3, -0.25) is 0 Å². The Kier molecular flexibility index (Phi) is 3.80. The molecule has 0 saturated carbocycles. The fraction of sp³-hybridized carbons (Fsp3) is 0.353. The summed E-state index contributed by atoms with van der Waals surface area (Å²) >= 11 is 0. The SMILES string of the molecule is c1cnc(OCC2CCN(c3nc4ccccc4o3)CC2)nc1. The first kappa shape index (κ1) is 14.0. The van der Waals surface area contributed by atoms with Gasteiger partial charge in [-0.05, 0) is 37.0 Å². The summed E-state index contributed by atoms with van der Waals surface area (Å²) in [6.07, 6.45) is 5.48. The van der Waals surface area contributed by atoms with Crippen LogP contribution in [0.3, 0.4) is 0 Å². The molecule has 4 rings (SSSR count). The van der Waals surface area contributed by atoms with Gasteiger partial charge in [-0.1, -0.05) is 12.1 Å². The highest BCUT2D eigenvalue weighted by atomic mass is 16.5. The molecule has 118 valence electrons. The van der Waals surface area contributed by atoms with E-state index in [0.29, 0.717) is 18.5 Å². The third kappa shape index (κ3) is 3.11. The second-order valence-electron chi connectivity index (χ2n) is 5.74. The van der Waals surface area contributed by atoms with E-state index in [4.69, 9.17) is 9.15 Å². The molecule has 0 aliphatic carbocycles. The Morgan fingerprint density at radius 1 is 1.09 bits per heavy atom. The topological polar surface area (TPSA) is 64.3 Å². The molecule has 0 atom stereocenters. The van der Waals surface area contributed by atoms with E-state index in [2.05, 4.69) is 19.9 Å². The van der Waals surface area contributed by atoms with E-state index in [1.807, 2.05) is 24.3 Å². The standard InChI is InChI=1S/C17H18N4O2/c1-2-5-15-14(4-1)20-17(23-15)21-10-6-13(7-11-21)12-22-16-18-8-3-9-19-16/h1-5,8-9,13H,6-7,10-12H2. The Hall–Kier alpha value is -2.63. The largest absolute Gasteiger partial charge is 0.463 e. The van der Waals surface area contributed by atoms with Gasteiger partial charge in [0, 0.05) is 25.5 Å². The van der Waals surface area contributed by atoms with Crippen molar-refractivity contribution in [2.75, 3.05) is 24.6 Å². The summed E-state index contributed by atoms with van der Waals surface area (Å²) in [6.45, 7) is 2.51. The van der Waals surface area contributed by atoms with Crippen LogP contribution in [-0.2, 0) is 0 Å². The van der Waals surface area contributed by atoms with Gasteiger partial charge in [0.05, 0.1) is 6.61 Å². The maximum absolute atomic E-state index is 5.84. The minimum Gasteiger partial charge on any atom is -0.463 e. The molecule has 3 heterocycles. The van der Waals surface area contributed by atoms with Crippen LogP contribution in [0.2, 0.25) is 0 Å². The highest BCUT2D eigenvalue weighted by molar-refractivity contribution is 5.74. The number of oxazole rings is 1. The molecule has 3 aromatic rings. The molecular formula is C17H18N4O2. The summed E-state index contributed by atoms with van der Waals surface area (Å²) in [5, 5.41) is 0. The number of hydrogen-bond acceptors (Lipinski definition) is 6. The van der Waals surface area contributed by atoms with Crippen molar-refractivity contribution >= 4 is 17.1 Å². The first-order valence-electron chi connectivity index (χ1n) is 7.89. The highest BCUT2D eigenvalue weighted by Gasteiger charge is 2.23. The summed E-state index contributed by atoms with van der Waals surface area (Å²) in [5.41, 5.74) is 1.75. The minimum absolute atomic E-state index is 0.453. The first-order chi connectivity index (χ1) is 11.4. The number of anilines is 1. The highest BCUT2D eigenvalue weighted by Crippen LogP contribution is 2.26. The molecule has 6 nitrogen and oxygen atoms in total. The molecule has 1 aliphatic heterocycles. The van der Waals surface area contributed by atoms with Crippen molar-refractivity contribution in [1.82, 2.24) is 15.0 Å². The lowest BCUT2D eigenvalue weighted by molar-refractivity contribution is 0.207. The zero-order valence-electron chi connectivity index (χ0n) is 12.8. The number of nitrogens with zero attached hydrogens (tertiary/aromatic N) is 4. The molecular weight excluding hydrogens is 292 g/mol. The number of rotatable bonds is 4. The summed E-state index contributed by atoms with van der Waals surface area (Å²) in [6, 6.07) is 10.8. The fourth-order valence-corrected chi connectivity index (χ4v) is 2.84. The van der Waals surface area contributed by atoms with E-state index in [9.17, 15) is 0 Å². The van der Waals surface area contributed by atoms with Crippen LogP contribution < -0.4 is 9.64 Å². The van der Waals surface area contributed by atoms with E-state index in [1.54, 1.807) is 18.5 Å². The molecule has 1 aliphatic rings. The van der Waals surface area contributed by atoms with E-state index < -0.39 is 0 Å². The van der Waals surface area contributed by atoms with Crippen molar-refractivity contribution in [3.05, 3.63) is 42.7 Å². The first-order valence-corrected chi connectivity index (χ1v) is 7.89. The van der Waals surface area contributed by atoms with Crippen LogP contribution in [0.4, 0.5) is 6.01 Å². The van der Waals surface area contributed by atoms with Gasteiger partial charge in [-0.25, -0.2) is 9.97 Å². The molecule has 6 heteroatoms. The molecule has 1 saturated heterocycles. The van der Waals surface area contributed by atoms with Crippen molar-refractivity contribution in [1.29, 1.82) is 0 Å². The average molecular weight is 310 g/mol. The average Bonchev–Trinajstić information content (AvgIpc) is 3.05. The van der Waals surface area contributed by atoms with Gasteiger partial charge in [0.15, 0.2) is 5.58 Å². The van der Waals surface area contributed by atoms with E-state index in [-0.39, 0.29) is 0 Å². The van der Waals surface area contributed by atoms with Gasteiger partial charge in [0.2, 0.25) is 0 Å². The molecule has 0 spiro atoms. The normalized spacial score (nSPS) is 15.9. The van der Waals surface area contributed by atoms with Gasteiger partial charge in [0.25, 0.3) is 6.01 Å². The second kappa shape index (κ2) is 6.24. The smallest absolute Gasteiger partial charge is 0.316 e. The van der Waals surface area contributed by atoms with Crippen molar-refractivity contribution in [2.24, 2.45) is 5.92 Å². The second-order valence-corrected chi connectivity index (χ2v) is 5.74. The zero-order chi connectivity index (χ0) is 15.5.